The molecule has 5 heteroatoms. The molecule has 0 aromatic carbocycles. The molecule has 0 aromatic heterocycles. The predicted octanol–water partition coefficient (Wildman–Crippen LogP) is -0.553. The highest BCUT2D eigenvalue weighted by atomic mass is 16.6. The molecule has 0 amide bonds. The van der Waals surface area contributed by atoms with Crippen molar-refractivity contribution in [3.05, 3.63) is 0 Å². The molecule has 5 nitrogen and oxygen atoms in total. The minimum absolute atomic E-state index is 0.410. The Morgan fingerprint density at radius 2 is 1.79 bits per heavy atom. The summed E-state index contributed by atoms with van der Waals surface area (Å²) < 4.78 is 10.2. The Bertz CT molecular complexity index is 217. The van der Waals surface area contributed by atoms with Crippen molar-refractivity contribution in [2.45, 2.75) is 51.3 Å². The van der Waals surface area contributed by atoms with Crippen LogP contribution >= 0.6 is 0 Å². The largest absolute Gasteiger partial charge is 0.457 e. The average molecular weight is 204 g/mol. The Hall–Kier alpha value is -0.650. The van der Waals surface area contributed by atoms with Gasteiger partial charge in [0.15, 0.2) is 6.10 Å². The van der Waals surface area contributed by atoms with Crippen LogP contribution in [-0.4, -0.2) is 46.7 Å². The second kappa shape index (κ2) is 4.25. The van der Waals surface area contributed by atoms with E-state index in [1.807, 2.05) is 0 Å². The lowest BCUT2D eigenvalue weighted by atomic mass is 9.96. The predicted molar refractivity (Wildman–Crippen MR) is 47.6 cm³/mol. The smallest absolute Gasteiger partial charge is 0.303 e. The summed E-state index contributed by atoms with van der Waals surface area (Å²) in [6.45, 7) is 4.61. The van der Waals surface area contributed by atoms with E-state index in [1.165, 1.54) is 6.92 Å². The van der Waals surface area contributed by atoms with Gasteiger partial charge in [-0.05, 0) is 13.8 Å². The zero-order chi connectivity index (χ0) is 10.9. The van der Waals surface area contributed by atoms with Gasteiger partial charge in [0.2, 0.25) is 0 Å². The van der Waals surface area contributed by atoms with Crippen molar-refractivity contribution >= 4 is 5.97 Å². The van der Waals surface area contributed by atoms with Gasteiger partial charge in [-0.1, -0.05) is 0 Å². The SMILES string of the molecule is CC(=O)OC1[C@H](C)OC(C)[C@H](O)[C@@H]1O. The Kier molecular flexibility index (Phi) is 3.47. The van der Waals surface area contributed by atoms with E-state index >= 15 is 0 Å². The van der Waals surface area contributed by atoms with E-state index in [0.29, 0.717) is 0 Å². The van der Waals surface area contributed by atoms with Crippen LogP contribution in [0.1, 0.15) is 20.8 Å². The van der Waals surface area contributed by atoms with E-state index in [-0.39, 0.29) is 0 Å². The number of hydrogen-bond acceptors (Lipinski definition) is 5. The molecule has 0 aromatic rings. The van der Waals surface area contributed by atoms with Gasteiger partial charge in [-0.15, -0.1) is 0 Å². The van der Waals surface area contributed by atoms with E-state index in [0.717, 1.165) is 0 Å². The zero-order valence-electron chi connectivity index (χ0n) is 8.51. The van der Waals surface area contributed by atoms with Crippen molar-refractivity contribution in [3.63, 3.8) is 0 Å². The fraction of sp³-hybridized carbons (Fsp3) is 0.889. The van der Waals surface area contributed by atoms with Gasteiger partial charge in [0, 0.05) is 6.92 Å². The van der Waals surface area contributed by atoms with E-state index in [2.05, 4.69) is 0 Å². The van der Waals surface area contributed by atoms with Crippen LogP contribution < -0.4 is 0 Å². The van der Waals surface area contributed by atoms with Gasteiger partial charge >= 0.3 is 5.97 Å². The molecule has 0 aliphatic carbocycles. The molecule has 1 fully saturated rings. The molecule has 1 heterocycles. The summed E-state index contributed by atoms with van der Waals surface area (Å²) >= 11 is 0. The summed E-state index contributed by atoms with van der Waals surface area (Å²) in [4.78, 5) is 10.7. The van der Waals surface area contributed by atoms with Crippen LogP contribution in [0.4, 0.5) is 0 Å². The number of carbonyl (C=O) groups is 1. The van der Waals surface area contributed by atoms with E-state index in [9.17, 15) is 15.0 Å². The average Bonchev–Trinajstić information content (AvgIpc) is 2.09. The highest BCUT2D eigenvalue weighted by molar-refractivity contribution is 5.66. The van der Waals surface area contributed by atoms with Gasteiger partial charge in [0.25, 0.3) is 0 Å². The van der Waals surface area contributed by atoms with E-state index in [1.54, 1.807) is 13.8 Å². The third-order valence-electron chi connectivity index (χ3n) is 2.36. The van der Waals surface area contributed by atoms with Gasteiger partial charge in [-0.3, -0.25) is 4.79 Å². The topological polar surface area (TPSA) is 76.0 Å². The number of carbonyl (C=O) groups excluding carboxylic acids is 1. The van der Waals surface area contributed by atoms with Crippen LogP contribution in [0.2, 0.25) is 0 Å². The molecular formula is C9H16O5. The minimum atomic E-state index is -1.09. The second-order valence-electron chi connectivity index (χ2n) is 3.60. The molecule has 1 aliphatic rings. The number of rotatable bonds is 1. The Morgan fingerprint density at radius 1 is 1.21 bits per heavy atom. The molecule has 2 unspecified atom stereocenters. The third kappa shape index (κ3) is 2.23. The Labute approximate surface area is 82.6 Å². The molecule has 82 valence electrons. The Morgan fingerprint density at radius 3 is 2.29 bits per heavy atom. The van der Waals surface area contributed by atoms with Crippen molar-refractivity contribution in [2.75, 3.05) is 0 Å². The molecule has 5 atom stereocenters. The summed E-state index contributed by atoms with van der Waals surface area (Å²) in [5.41, 5.74) is 0. The quantitative estimate of drug-likeness (QED) is 0.560. The van der Waals surface area contributed by atoms with Gasteiger partial charge in [0.05, 0.1) is 12.2 Å². The van der Waals surface area contributed by atoms with Crippen LogP contribution in [0.15, 0.2) is 0 Å². The molecule has 0 saturated carbocycles. The van der Waals surface area contributed by atoms with E-state index < -0.39 is 36.5 Å². The van der Waals surface area contributed by atoms with Gasteiger partial charge < -0.3 is 19.7 Å². The van der Waals surface area contributed by atoms with Crippen molar-refractivity contribution in [1.29, 1.82) is 0 Å². The number of hydrogen-bond donors (Lipinski definition) is 2. The monoisotopic (exact) mass is 204 g/mol. The highest BCUT2D eigenvalue weighted by Gasteiger charge is 2.42. The Balaban J connectivity index is 2.68. The molecule has 0 radical (unpaired) electrons. The molecule has 14 heavy (non-hydrogen) atoms. The number of ether oxygens (including phenoxy) is 2. The molecule has 0 bridgehead atoms. The maximum absolute atomic E-state index is 10.7. The van der Waals surface area contributed by atoms with Crippen molar-refractivity contribution in [2.24, 2.45) is 0 Å². The first-order chi connectivity index (χ1) is 6.43. The maximum atomic E-state index is 10.7. The second-order valence-corrected chi connectivity index (χ2v) is 3.60. The van der Waals surface area contributed by atoms with Crippen molar-refractivity contribution < 1.29 is 24.5 Å². The van der Waals surface area contributed by atoms with Crippen LogP contribution in [0, 0.1) is 0 Å². The normalized spacial score (nSPS) is 43.4. The lowest BCUT2D eigenvalue weighted by Gasteiger charge is -2.39. The van der Waals surface area contributed by atoms with Gasteiger partial charge in [-0.2, -0.15) is 0 Å². The molecular weight excluding hydrogens is 188 g/mol. The van der Waals surface area contributed by atoms with Gasteiger partial charge in [-0.25, -0.2) is 0 Å². The van der Waals surface area contributed by atoms with Crippen molar-refractivity contribution in [1.82, 2.24) is 0 Å². The summed E-state index contributed by atoms with van der Waals surface area (Å²) in [5, 5.41) is 19.1. The van der Waals surface area contributed by atoms with Crippen LogP contribution in [0.3, 0.4) is 0 Å². The first-order valence-corrected chi connectivity index (χ1v) is 4.62. The minimum Gasteiger partial charge on any atom is -0.457 e. The van der Waals surface area contributed by atoms with E-state index in [4.69, 9.17) is 9.47 Å². The number of aliphatic hydroxyl groups is 2. The fourth-order valence-corrected chi connectivity index (χ4v) is 1.60. The first kappa shape index (κ1) is 11.4. The summed E-state index contributed by atoms with van der Waals surface area (Å²) in [6.07, 6.45) is -3.76. The highest BCUT2D eigenvalue weighted by Crippen LogP contribution is 2.22. The number of esters is 1. The molecule has 0 spiro atoms. The molecule has 1 rings (SSSR count). The summed E-state index contributed by atoms with van der Waals surface area (Å²) in [6, 6.07) is 0. The zero-order valence-corrected chi connectivity index (χ0v) is 8.51. The lowest BCUT2D eigenvalue weighted by molar-refractivity contribution is -0.224. The fourth-order valence-electron chi connectivity index (χ4n) is 1.60. The van der Waals surface area contributed by atoms with Crippen LogP contribution in [0.5, 0.6) is 0 Å². The standard InChI is InChI=1S/C9H16O5/c1-4-7(11)8(12)9(5(2)13-4)14-6(3)10/h4-5,7-9,11-12H,1-3H3/t4?,5-,7-,8-,9?/m0/s1. The van der Waals surface area contributed by atoms with Crippen LogP contribution in [0.25, 0.3) is 0 Å². The first-order valence-electron chi connectivity index (χ1n) is 4.62. The summed E-state index contributed by atoms with van der Waals surface area (Å²) in [5.74, 6) is -0.494. The lowest BCUT2D eigenvalue weighted by Crippen LogP contribution is -2.57. The molecule has 1 saturated heterocycles. The molecule has 1 aliphatic heterocycles. The maximum Gasteiger partial charge on any atom is 0.303 e. The third-order valence-corrected chi connectivity index (χ3v) is 2.36. The summed E-state index contributed by atoms with van der Waals surface area (Å²) in [7, 11) is 0. The van der Waals surface area contributed by atoms with Crippen molar-refractivity contribution in [3.8, 4) is 0 Å². The molecule has 2 N–H and O–H groups in total. The number of aliphatic hydroxyl groups excluding tert-OH is 2. The van der Waals surface area contributed by atoms with Gasteiger partial charge in [0.1, 0.15) is 12.2 Å². The van der Waals surface area contributed by atoms with Crippen LogP contribution in [-0.2, 0) is 14.3 Å².